The van der Waals surface area contributed by atoms with E-state index in [9.17, 15) is 0 Å². The first-order chi connectivity index (χ1) is 8.67. The van der Waals surface area contributed by atoms with E-state index in [0.717, 1.165) is 18.3 Å². The van der Waals surface area contributed by atoms with E-state index in [1.807, 2.05) is 0 Å². The standard InChI is InChI=1S/C14H23N3O/c1-14(2)8-5-9-15-11(14)13-16-12(17-18-13)10-6-3-4-7-10/h10-11,15H,3-9H2,1-2H3. The van der Waals surface area contributed by atoms with Gasteiger partial charge in [0.15, 0.2) is 5.82 Å². The molecule has 1 saturated carbocycles. The molecule has 2 heterocycles. The summed E-state index contributed by atoms with van der Waals surface area (Å²) < 4.78 is 5.53. The molecule has 1 atom stereocenters. The summed E-state index contributed by atoms with van der Waals surface area (Å²) in [5.41, 5.74) is 0.206. The molecule has 0 bridgehead atoms. The van der Waals surface area contributed by atoms with Gasteiger partial charge in [0.1, 0.15) is 0 Å². The van der Waals surface area contributed by atoms with Crippen LogP contribution in [-0.2, 0) is 0 Å². The Balaban J connectivity index is 1.79. The smallest absolute Gasteiger partial charge is 0.244 e. The summed E-state index contributed by atoms with van der Waals surface area (Å²) in [5.74, 6) is 2.27. The summed E-state index contributed by atoms with van der Waals surface area (Å²) in [7, 11) is 0. The Labute approximate surface area is 109 Å². The Morgan fingerprint density at radius 3 is 2.72 bits per heavy atom. The van der Waals surface area contributed by atoms with E-state index in [2.05, 4.69) is 29.3 Å². The molecule has 3 rings (SSSR count). The van der Waals surface area contributed by atoms with Gasteiger partial charge in [-0.05, 0) is 37.6 Å². The summed E-state index contributed by atoms with van der Waals surface area (Å²) in [6.45, 7) is 5.61. The molecule has 1 aromatic heterocycles. The highest BCUT2D eigenvalue weighted by molar-refractivity contribution is 5.04. The van der Waals surface area contributed by atoms with Crippen LogP contribution in [0.5, 0.6) is 0 Å². The molecule has 1 aliphatic carbocycles. The third-order valence-corrected chi connectivity index (χ3v) is 4.55. The topological polar surface area (TPSA) is 51.0 Å². The third kappa shape index (κ3) is 2.18. The van der Waals surface area contributed by atoms with Gasteiger partial charge >= 0.3 is 0 Å². The van der Waals surface area contributed by atoms with Crippen molar-refractivity contribution in [3.8, 4) is 0 Å². The lowest BCUT2D eigenvalue weighted by molar-refractivity contribution is 0.146. The summed E-state index contributed by atoms with van der Waals surface area (Å²) in [6, 6.07) is 0.217. The molecule has 1 aliphatic heterocycles. The highest BCUT2D eigenvalue weighted by Crippen LogP contribution is 2.40. The number of nitrogens with one attached hydrogen (secondary N) is 1. The van der Waals surface area contributed by atoms with Crippen LogP contribution in [0.15, 0.2) is 4.52 Å². The van der Waals surface area contributed by atoms with E-state index in [0.29, 0.717) is 5.92 Å². The van der Waals surface area contributed by atoms with Crippen molar-refractivity contribution in [3.63, 3.8) is 0 Å². The van der Waals surface area contributed by atoms with Crippen LogP contribution < -0.4 is 5.32 Å². The molecule has 1 saturated heterocycles. The van der Waals surface area contributed by atoms with E-state index < -0.39 is 0 Å². The number of rotatable bonds is 2. The van der Waals surface area contributed by atoms with Crippen LogP contribution in [0, 0.1) is 5.41 Å². The maximum atomic E-state index is 5.53. The molecule has 2 fully saturated rings. The molecule has 1 N–H and O–H groups in total. The molecule has 4 heteroatoms. The van der Waals surface area contributed by atoms with Crippen molar-refractivity contribution in [3.05, 3.63) is 11.7 Å². The summed E-state index contributed by atoms with van der Waals surface area (Å²) in [4.78, 5) is 4.67. The van der Waals surface area contributed by atoms with Crippen LogP contribution >= 0.6 is 0 Å². The zero-order valence-corrected chi connectivity index (χ0v) is 11.4. The second kappa shape index (κ2) is 4.65. The molecule has 1 unspecified atom stereocenters. The van der Waals surface area contributed by atoms with Gasteiger partial charge in [0, 0.05) is 5.92 Å². The predicted molar refractivity (Wildman–Crippen MR) is 69.3 cm³/mol. The van der Waals surface area contributed by atoms with Crippen molar-refractivity contribution in [1.82, 2.24) is 15.5 Å². The minimum absolute atomic E-state index is 0.206. The Hall–Kier alpha value is -0.900. The van der Waals surface area contributed by atoms with Crippen molar-refractivity contribution in [1.29, 1.82) is 0 Å². The van der Waals surface area contributed by atoms with E-state index in [4.69, 9.17) is 4.52 Å². The van der Waals surface area contributed by atoms with E-state index in [1.165, 1.54) is 38.5 Å². The zero-order chi connectivity index (χ0) is 12.6. The Morgan fingerprint density at radius 1 is 1.22 bits per heavy atom. The number of aromatic nitrogens is 2. The largest absolute Gasteiger partial charge is 0.338 e. The molecule has 100 valence electrons. The van der Waals surface area contributed by atoms with Gasteiger partial charge in [-0.2, -0.15) is 4.98 Å². The number of piperidine rings is 1. The van der Waals surface area contributed by atoms with Crippen LogP contribution in [0.3, 0.4) is 0 Å². The maximum Gasteiger partial charge on any atom is 0.244 e. The molecule has 0 amide bonds. The van der Waals surface area contributed by atoms with Crippen LogP contribution in [0.1, 0.15) is 76.0 Å². The predicted octanol–water partition coefficient (Wildman–Crippen LogP) is 3.18. The van der Waals surface area contributed by atoms with Gasteiger partial charge < -0.3 is 9.84 Å². The minimum atomic E-state index is 0.206. The van der Waals surface area contributed by atoms with E-state index in [-0.39, 0.29) is 11.5 Å². The molecular weight excluding hydrogens is 226 g/mol. The average molecular weight is 249 g/mol. The first-order valence-electron chi connectivity index (χ1n) is 7.24. The lowest BCUT2D eigenvalue weighted by atomic mass is 9.77. The van der Waals surface area contributed by atoms with Gasteiger partial charge in [-0.15, -0.1) is 0 Å². The maximum absolute atomic E-state index is 5.53. The monoisotopic (exact) mass is 249 g/mol. The fourth-order valence-corrected chi connectivity index (χ4v) is 3.35. The minimum Gasteiger partial charge on any atom is -0.338 e. The second-order valence-electron chi connectivity index (χ2n) is 6.45. The van der Waals surface area contributed by atoms with E-state index in [1.54, 1.807) is 0 Å². The normalized spacial score (nSPS) is 28.7. The summed E-state index contributed by atoms with van der Waals surface area (Å²) in [6.07, 6.45) is 7.50. The number of hydrogen-bond acceptors (Lipinski definition) is 4. The van der Waals surface area contributed by atoms with Gasteiger partial charge in [-0.25, -0.2) is 0 Å². The number of hydrogen-bond donors (Lipinski definition) is 1. The fourth-order valence-electron chi connectivity index (χ4n) is 3.35. The highest BCUT2D eigenvalue weighted by atomic mass is 16.5. The van der Waals surface area contributed by atoms with Crippen molar-refractivity contribution in [2.24, 2.45) is 5.41 Å². The molecule has 4 nitrogen and oxygen atoms in total. The van der Waals surface area contributed by atoms with Crippen molar-refractivity contribution >= 4 is 0 Å². The van der Waals surface area contributed by atoms with Crippen molar-refractivity contribution in [2.45, 2.75) is 64.3 Å². The van der Waals surface area contributed by atoms with Gasteiger partial charge in [0.25, 0.3) is 0 Å². The molecule has 0 aromatic carbocycles. The van der Waals surface area contributed by atoms with Crippen molar-refractivity contribution < 1.29 is 4.52 Å². The Morgan fingerprint density at radius 2 is 2.00 bits per heavy atom. The molecule has 18 heavy (non-hydrogen) atoms. The van der Waals surface area contributed by atoms with Crippen LogP contribution in [-0.4, -0.2) is 16.7 Å². The van der Waals surface area contributed by atoms with Crippen LogP contribution in [0.25, 0.3) is 0 Å². The lowest BCUT2D eigenvalue weighted by Crippen LogP contribution is -2.39. The van der Waals surface area contributed by atoms with E-state index >= 15 is 0 Å². The molecular formula is C14H23N3O. The van der Waals surface area contributed by atoms with Gasteiger partial charge in [0.2, 0.25) is 5.89 Å². The molecule has 0 spiro atoms. The Bertz CT molecular complexity index is 407. The first-order valence-corrected chi connectivity index (χ1v) is 7.24. The van der Waals surface area contributed by atoms with Gasteiger partial charge in [0.05, 0.1) is 6.04 Å². The summed E-state index contributed by atoms with van der Waals surface area (Å²) >= 11 is 0. The van der Waals surface area contributed by atoms with Crippen molar-refractivity contribution in [2.75, 3.05) is 6.54 Å². The average Bonchev–Trinajstić information content (AvgIpc) is 2.99. The zero-order valence-electron chi connectivity index (χ0n) is 11.4. The van der Waals surface area contributed by atoms with Crippen LogP contribution in [0.2, 0.25) is 0 Å². The summed E-state index contributed by atoms with van der Waals surface area (Å²) in [5, 5.41) is 7.75. The fraction of sp³-hybridized carbons (Fsp3) is 0.857. The highest BCUT2D eigenvalue weighted by Gasteiger charge is 2.37. The Kier molecular flexibility index (Phi) is 3.14. The SMILES string of the molecule is CC1(C)CCCNC1c1nc(C2CCCC2)no1. The molecule has 1 aromatic rings. The molecule has 0 radical (unpaired) electrons. The first kappa shape index (κ1) is 12.2. The second-order valence-corrected chi connectivity index (χ2v) is 6.45. The lowest BCUT2D eigenvalue weighted by Gasteiger charge is -2.36. The quantitative estimate of drug-likeness (QED) is 0.874. The van der Waals surface area contributed by atoms with Gasteiger partial charge in [-0.1, -0.05) is 31.8 Å². The molecule has 2 aliphatic rings. The van der Waals surface area contributed by atoms with Gasteiger partial charge in [-0.3, -0.25) is 0 Å². The van der Waals surface area contributed by atoms with Crippen LogP contribution in [0.4, 0.5) is 0 Å². The third-order valence-electron chi connectivity index (χ3n) is 4.55. The number of nitrogens with zero attached hydrogens (tertiary/aromatic N) is 2.